The van der Waals surface area contributed by atoms with E-state index in [0.29, 0.717) is 6.04 Å². The number of rotatable bonds is 6. The highest BCUT2D eigenvalue weighted by atomic mass is 16.3. The second-order valence-electron chi connectivity index (χ2n) is 5.61. The van der Waals surface area contributed by atoms with Gasteiger partial charge in [-0.2, -0.15) is 0 Å². The second-order valence-corrected chi connectivity index (χ2v) is 5.61. The lowest BCUT2D eigenvalue weighted by molar-refractivity contribution is 0.0991. The van der Waals surface area contributed by atoms with Crippen molar-refractivity contribution in [3.63, 3.8) is 0 Å². The number of likely N-dealkylation sites (N-methyl/N-ethyl adjacent to an activating group) is 1. The van der Waals surface area contributed by atoms with E-state index in [1.807, 2.05) is 6.92 Å². The summed E-state index contributed by atoms with van der Waals surface area (Å²) in [7, 11) is 2.19. The van der Waals surface area contributed by atoms with Crippen molar-refractivity contribution in [2.24, 2.45) is 5.73 Å². The number of aliphatic hydroxyl groups is 1. The Balaban J connectivity index is 2.23. The molecule has 0 spiro atoms. The van der Waals surface area contributed by atoms with Crippen LogP contribution >= 0.6 is 0 Å². The van der Waals surface area contributed by atoms with Crippen molar-refractivity contribution < 1.29 is 5.11 Å². The number of aliphatic hydroxyl groups excluding tert-OH is 1. The fraction of sp³-hybridized carbons (Fsp3) is 1.00. The maximum atomic E-state index is 9.25. The fourth-order valence-corrected chi connectivity index (χ4v) is 2.35. The van der Waals surface area contributed by atoms with Crippen molar-refractivity contribution in [1.82, 2.24) is 9.80 Å². The van der Waals surface area contributed by atoms with Crippen LogP contribution in [-0.4, -0.2) is 66.3 Å². The molecule has 0 aromatic rings. The highest BCUT2D eigenvalue weighted by Gasteiger charge is 2.23. The van der Waals surface area contributed by atoms with Crippen molar-refractivity contribution in [3.8, 4) is 0 Å². The summed E-state index contributed by atoms with van der Waals surface area (Å²) in [6.45, 7) is 9.00. The molecule has 1 aliphatic rings. The molecular weight excluding hydrogens is 214 g/mol. The van der Waals surface area contributed by atoms with Gasteiger partial charge in [-0.1, -0.05) is 6.92 Å². The lowest BCUT2D eigenvalue weighted by atomic mass is 9.92. The molecule has 102 valence electrons. The van der Waals surface area contributed by atoms with E-state index in [1.54, 1.807) is 0 Å². The summed E-state index contributed by atoms with van der Waals surface area (Å²) < 4.78 is 0. The van der Waals surface area contributed by atoms with Gasteiger partial charge in [0.05, 0.1) is 6.61 Å². The number of piperazine rings is 1. The SMILES string of the molecule is CCC(N)(CO)CCCN1CCN(C)C(C)C1. The number of nitrogens with two attached hydrogens (primary N) is 1. The first-order valence-corrected chi connectivity index (χ1v) is 6.83. The highest BCUT2D eigenvalue weighted by molar-refractivity contribution is 4.83. The topological polar surface area (TPSA) is 52.7 Å². The van der Waals surface area contributed by atoms with Crippen LogP contribution in [0, 0.1) is 0 Å². The number of nitrogens with zero attached hydrogens (tertiary/aromatic N) is 2. The van der Waals surface area contributed by atoms with Crippen molar-refractivity contribution in [1.29, 1.82) is 0 Å². The summed E-state index contributed by atoms with van der Waals surface area (Å²) in [5, 5.41) is 9.25. The van der Waals surface area contributed by atoms with Gasteiger partial charge in [0.25, 0.3) is 0 Å². The Kier molecular flexibility index (Phi) is 5.86. The molecule has 3 N–H and O–H groups in total. The summed E-state index contributed by atoms with van der Waals surface area (Å²) in [5.41, 5.74) is 5.72. The van der Waals surface area contributed by atoms with Crippen molar-refractivity contribution in [2.75, 3.05) is 39.8 Å². The smallest absolute Gasteiger partial charge is 0.0611 e. The summed E-state index contributed by atoms with van der Waals surface area (Å²) in [6, 6.07) is 0.649. The molecule has 0 aliphatic carbocycles. The average molecular weight is 243 g/mol. The number of hydrogen-bond donors (Lipinski definition) is 2. The molecule has 0 aromatic heterocycles. The first-order chi connectivity index (χ1) is 8.00. The first kappa shape index (κ1) is 14.9. The summed E-state index contributed by atoms with van der Waals surface area (Å²) >= 11 is 0. The van der Waals surface area contributed by atoms with E-state index in [9.17, 15) is 5.11 Å². The molecule has 0 aromatic carbocycles. The summed E-state index contributed by atoms with van der Waals surface area (Å²) in [5.74, 6) is 0. The molecule has 0 saturated carbocycles. The van der Waals surface area contributed by atoms with Crippen LogP contribution in [0.1, 0.15) is 33.1 Å². The van der Waals surface area contributed by atoms with Crippen LogP contribution in [0.25, 0.3) is 0 Å². The maximum absolute atomic E-state index is 9.25. The molecule has 0 bridgehead atoms. The Morgan fingerprint density at radius 2 is 2.12 bits per heavy atom. The minimum Gasteiger partial charge on any atom is -0.394 e. The van der Waals surface area contributed by atoms with Crippen LogP contribution in [0.4, 0.5) is 0 Å². The quantitative estimate of drug-likeness (QED) is 0.713. The van der Waals surface area contributed by atoms with Crippen LogP contribution in [0.2, 0.25) is 0 Å². The molecule has 1 saturated heterocycles. The minimum absolute atomic E-state index is 0.0998. The van der Waals surface area contributed by atoms with E-state index in [-0.39, 0.29) is 12.1 Å². The first-order valence-electron chi connectivity index (χ1n) is 6.83. The van der Waals surface area contributed by atoms with E-state index >= 15 is 0 Å². The van der Waals surface area contributed by atoms with Gasteiger partial charge in [0.15, 0.2) is 0 Å². The number of hydrogen-bond acceptors (Lipinski definition) is 4. The molecule has 1 heterocycles. The Hall–Kier alpha value is -0.160. The van der Waals surface area contributed by atoms with E-state index in [2.05, 4.69) is 23.8 Å². The standard InChI is InChI=1S/C13H29N3O/c1-4-13(14,11-17)6-5-7-16-9-8-15(3)12(2)10-16/h12,17H,4-11,14H2,1-3H3. The molecule has 0 amide bonds. The van der Waals surface area contributed by atoms with E-state index in [1.165, 1.54) is 0 Å². The molecule has 0 radical (unpaired) electrons. The Morgan fingerprint density at radius 3 is 2.65 bits per heavy atom. The van der Waals surface area contributed by atoms with Gasteiger partial charge in [-0.25, -0.2) is 0 Å². The van der Waals surface area contributed by atoms with Gasteiger partial charge in [0, 0.05) is 31.2 Å². The highest BCUT2D eigenvalue weighted by Crippen LogP contribution is 2.15. The van der Waals surface area contributed by atoms with Crippen LogP contribution < -0.4 is 5.73 Å². The van der Waals surface area contributed by atoms with Gasteiger partial charge in [-0.3, -0.25) is 0 Å². The molecule has 17 heavy (non-hydrogen) atoms. The van der Waals surface area contributed by atoms with Gasteiger partial charge in [-0.15, -0.1) is 0 Å². The van der Waals surface area contributed by atoms with Crippen LogP contribution in [-0.2, 0) is 0 Å². The zero-order valence-corrected chi connectivity index (χ0v) is 11.7. The van der Waals surface area contributed by atoms with Gasteiger partial charge in [0.2, 0.25) is 0 Å². The third kappa shape index (κ3) is 4.54. The van der Waals surface area contributed by atoms with Gasteiger partial charge in [-0.05, 0) is 39.8 Å². The maximum Gasteiger partial charge on any atom is 0.0611 e. The lowest BCUT2D eigenvalue weighted by Gasteiger charge is -2.38. The molecule has 2 atom stereocenters. The van der Waals surface area contributed by atoms with Crippen molar-refractivity contribution in [2.45, 2.75) is 44.7 Å². The zero-order chi connectivity index (χ0) is 12.9. The van der Waals surface area contributed by atoms with Crippen LogP contribution in [0.5, 0.6) is 0 Å². The summed E-state index contributed by atoms with van der Waals surface area (Å²) in [6.07, 6.45) is 2.85. The Bertz CT molecular complexity index is 219. The van der Waals surface area contributed by atoms with E-state index in [0.717, 1.165) is 45.4 Å². The van der Waals surface area contributed by atoms with Gasteiger partial charge in [0.1, 0.15) is 0 Å². The Labute approximate surface area is 106 Å². The van der Waals surface area contributed by atoms with E-state index in [4.69, 9.17) is 5.73 Å². The molecule has 2 unspecified atom stereocenters. The summed E-state index contributed by atoms with van der Waals surface area (Å²) in [4.78, 5) is 4.92. The molecular formula is C13H29N3O. The van der Waals surface area contributed by atoms with Gasteiger partial charge >= 0.3 is 0 Å². The third-order valence-corrected chi connectivity index (χ3v) is 4.21. The normalized spacial score (nSPS) is 27.0. The second kappa shape index (κ2) is 6.69. The molecule has 1 rings (SSSR count). The predicted octanol–water partition coefficient (Wildman–Crippen LogP) is 0.502. The van der Waals surface area contributed by atoms with Crippen molar-refractivity contribution >= 4 is 0 Å². The third-order valence-electron chi connectivity index (χ3n) is 4.21. The van der Waals surface area contributed by atoms with Crippen LogP contribution in [0.15, 0.2) is 0 Å². The molecule has 4 heteroatoms. The van der Waals surface area contributed by atoms with Gasteiger partial charge < -0.3 is 20.6 Å². The lowest BCUT2D eigenvalue weighted by Crippen LogP contribution is -2.50. The largest absolute Gasteiger partial charge is 0.394 e. The van der Waals surface area contributed by atoms with Crippen LogP contribution in [0.3, 0.4) is 0 Å². The predicted molar refractivity (Wildman–Crippen MR) is 72.1 cm³/mol. The average Bonchev–Trinajstić information content (AvgIpc) is 2.33. The minimum atomic E-state index is -0.363. The fourth-order valence-electron chi connectivity index (χ4n) is 2.35. The van der Waals surface area contributed by atoms with Crippen molar-refractivity contribution in [3.05, 3.63) is 0 Å². The molecule has 4 nitrogen and oxygen atoms in total. The molecule has 1 fully saturated rings. The molecule has 1 aliphatic heterocycles. The monoisotopic (exact) mass is 243 g/mol. The Morgan fingerprint density at radius 1 is 1.41 bits per heavy atom. The zero-order valence-electron chi connectivity index (χ0n) is 11.7. The van der Waals surface area contributed by atoms with E-state index < -0.39 is 0 Å².